The number of ether oxygens (including phenoxy) is 7. The molecule has 5 aliphatic carbocycles. The van der Waals surface area contributed by atoms with Gasteiger partial charge in [-0.3, -0.25) is 0 Å². The Hall–Kier alpha value is -9.19. The van der Waals surface area contributed by atoms with E-state index in [4.69, 9.17) is 33.2 Å². The average Bonchev–Trinajstić information content (AvgIpc) is 1.62. The van der Waals surface area contributed by atoms with Crippen molar-refractivity contribution in [3.8, 4) is 22.6 Å². The van der Waals surface area contributed by atoms with Crippen LogP contribution in [0, 0.1) is 0 Å². The third-order valence-corrected chi connectivity index (χ3v) is 22.9. The topological polar surface area (TPSA) is 465 Å². The molecule has 0 saturated carbocycles. The van der Waals surface area contributed by atoms with Gasteiger partial charge in [-0.2, -0.15) is 0 Å². The SMILES string of the molecule is O=S(=O)([O-])CCOC1=Cc2ccccc2C1.O=S(=O)([O-])CCOC1C=Cc2ccccc21.O=S(=O)([O-])CCOC1CCc2ccccc21.O=S(=O)([O-])CCOC1Cc2ccccc2C1.O=S(=O)([O-])CCOC1c2ccccc2-c2ccccc21.O=S(=O)([O-])CCOc1ccc2ccccc2c1.O=S(=O)([O-])CCOc1ccc2ccccc2c1. The Balaban J connectivity index is 0.000000157. The molecule has 0 aromatic heterocycles. The summed E-state index contributed by atoms with van der Waals surface area (Å²) in [7, 11) is -29.4. The molecule has 2 unspecified atom stereocenters. The summed E-state index contributed by atoms with van der Waals surface area (Å²) in [6.45, 7) is -0.524. The smallest absolute Gasteiger partial charge is 0.119 e. The van der Waals surface area contributed by atoms with Crippen LogP contribution >= 0.6 is 0 Å². The zero-order chi connectivity index (χ0) is 85.2. The Kier molecular flexibility index (Phi) is 33.9. The van der Waals surface area contributed by atoms with Gasteiger partial charge in [-0.15, -0.1) is 0 Å². The van der Waals surface area contributed by atoms with E-state index in [1.54, 1.807) is 12.1 Å². The molecule has 0 heterocycles. The second kappa shape index (κ2) is 43.2. The number of allylic oxidation sites excluding steroid dienone is 1. The van der Waals surface area contributed by atoms with Crippen LogP contribution < -0.4 is 9.47 Å². The van der Waals surface area contributed by atoms with Gasteiger partial charge in [0, 0.05) is 6.42 Å². The van der Waals surface area contributed by atoms with Crippen molar-refractivity contribution in [1.82, 2.24) is 0 Å². The van der Waals surface area contributed by atoms with Crippen LogP contribution in [0.1, 0.15) is 80.4 Å². The molecule has 10 aromatic rings. The van der Waals surface area contributed by atoms with Crippen molar-refractivity contribution in [2.75, 3.05) is 86.5 Å². The first-order chi connectivity index (χ1) is 55.9. The highest BCUT2D eigenvalue weighted by molar-refractivity contribution is 7.87. The first-order valence-electron chi connectivity index (χ1n) is 36.6. The quantitative estimate of drug-likeness (QED) is 0.0411. The van der Waals surface area contributed by atoms with Crippen molar-refractivity contribution < 1.29 is 124 Å². The molecule has 2 atom stereocenters. The molecule has 0 amide bonds. The van der Waals surface area contributed by atoms with E-state index in [9.17, 15) is 90.8 Å². The molecule has 35 heteroatoms. The van der Waals surface area contributed by atoms with Gasteiger partial charge in [-0.1, -0.05) is 218 Å². The van der Waals surface area contributed by atoms with E-state index in [2.05, 4.69) is 0 Å². The van der Waals surface area contributed by atoms with Gasteiger partial charge >= 0.3 is 0 Å². The van der Waals surface area contributed by atoms with Gasteiger partial charge in [0.25, 0.3) is 0 Å². The maximum absolute atomic E-state index is 10.7. The lowest BCUT2D eigenvalue weighted by Gasteiger charge is -2.15. The molecular formula is C83H83O28S7-7. The fourth-order valence-corrected chi connectivity index (χ4v) is 14.8. The van der Waals surface area contributed by atoms with Crippen LogP contribution in [0.4, 0.5) is 0 Å². The minimum Gasteiger partial charge on any atom is -0.748 e. The summed E-state index contributed by atoms with van der Waals surface area (Å²) >= 11 is 0. The van der Waals surface area contributed by atoms with Crippen LogP contribution in [0.2, 0.25) is 0 Å². The van der Waals surface area contributed by atoms with Crippen LogP contribution in [-0.2, 0) is 120 Å². The molecule has 28 nitrogen and oxygen atoms in total. The zero-order valence-electron chi connectivity index (χ0n) is 63.2. The molecule has 0 saturated heterocycles. The summed E-state index contributed by atoms with van der Waals surface area (Å²) in [4.78, 5) is 0. The Bertz CT molecular complexity index is 5770. The molecular weight excluding hydrogens is 1670 g/mol. The average molecular weight is 1750 g/mol. The maximum Gasteiger partial charge on any atom is 0.119 e. The molecule has 0 spiro atoms. The van der Waals surface area contributed by atoms with Crippen LogP contribution in [0.25, 0.3) is 44.8 Å². The molecule has 118 heavy (non-hydrogen) atoms. The lowest BCUT2D eigenvalue weighted by molar-refractivity contribution is 0.0646. The third kappa shape index (κ3) is 32.5. The number of rotatable bonds is 28. The predicted octanol–water partition coefficient (Wildman–Crippen LogP) is 10.3. The van der Waals surface area contributed by atoms with Crippen molar-refractivity contribution >= 4 is 105 Å². The first-order valence-corrected chi connectivity index (χ1v) is 47.7. The van der Waals surface area contributed by atoms with E-state index >= 15 is 0 Å². The lowest BCUT2D eigenvalue weighted by Crippen LogP contribution is -2.18. The van der Waals surface area contributed by atoms with Gasteiger partial charge in [0.15, 0.2) is 0 Å². The minimum atomic E-state index is -4.25. The van der Waals surface area contributed by atoms with Crippen LogP contribution in [0.15, 0.2) is 242 Å². The van der Waals surface area contributed by atoms with Crippen LogP contribution in [0.5, 0.6) is 11.5 Å². The summed E-state index contributed by atoms with van der Waals surface area (Å²) < 4.78 is 257. The van der Waals surface area contributed by atoms with Crippen molar-refractivity contribution in [2.24, 2.45) is 0 Å². The highest BCUT2D eigenvalue weighted by Crippen LogP contribution is 2.45. The van der Waals surface area contributed by atoms with Crippen molar-refractivity contribution in [3.05, 3.63) is 298 Å². The van der Waals surface area contributed by atoms with Gasteiger partial charge < -0.3 is 65.0 Å². The fourth-order valence-electron chi connectivity index (χ4n) is 12.8. The summed E-state index contributed by atoms with van der Waals surface area (Å²) in [5.74, 6) is -1.57. The Labute approximate surface area is 687 Å². The van der Waals surface area contributed by atoms with Gasteiger partial charge in [-0.05, 0) is 144 Å². The van der Waals surface area contributed by atoms with Crippen LogP contribution in [-0.4, -0.2) is 183 Å². The minimum absolute atomic E-state index is 0.00944. The number of aryl methyl sites for hydroxylation is 1. The lowest BCUT2D eigenvalue weighted by atomic mass is 10.1. The largest absolute Gasteiger partial charge is 0.748 e. The summed E-state index contributed by atoms with van der Waals surface area (Å²) in [6.07, 6.45) is 9.13. The highest BCUT2D eigenvalue weighted by Gasteiger charge is 2.29. The normalized spacial score (nSPS) is 15.1. The highest BCUT2D eigenvalue weighted by atomic mass is 32.2. The van der Waals surface area contributed by atoms with E-state index in [-0.39, 0.29) is 70.7 Å². The van der Waals surface area contributed by atoms with Gasteiger partial charge in [-0.25, -0.2) is 58.9 Å². The number of benzene rings is 10. The molecule has 10 aromatic carbocycles. The van der Waals surface area contributed by atoms with E-state index < -0.39 is 111 Å². The summed E-state index contributed by atoms with van der Waals surface area (Å²) in [5, 5.41) is 4.18. The van der Waals surface area contributed by atoms with Crippen LogP contribution in [0.3, 0.4) is 0 Å². The second-order valence-electron chi connectivity index (χ2n) is 26.9. The molecule has 15 rings (SSSR count). The van der Waals surface area contributed by atoms with E-state index in [0.717, 1.165) is 97.3 Å². The van der Waals surface area contributed by atoms with E-state index in [1.807, 2.05) is 237 Å². The molecule has 5 aliphatic rings. The molecule has 0 radical (unpaired) electrons. The summed E-state index contributed by atoms with van der Waals surface area (Å²) in [6, 6.07) is 73.6. The molecule has 0 N–H and O–H groups in total. The monoisotopic (exact) mass is 1750 g/mol. The Morgan fingerprint density at radius 3 is 1.15 bits per heavy atom. The van der Waals surface area contributed by atoms with Gasteiger partial charge in [0.2, 0.25) is 0 Å². The maximum atomic E-state index is 10.7. The van der Waals surface area contributed by atoms with Crippen molar-refractivity contribution in [1.29, 1.82) is 0 Å². The molecule has 632 valence electrons. The van der Waals surface area contributed by atoms with Crippen molar-refractivity contribution in [2.45, 2.75) is 56.5 Å². The second-order valence-corrected chi connectivity index (χ2v) is 37.5. The number of hydrogen-bond donors (Lipinski definition) is 0. The molecule has 0 fully saturated rings. The third-order valence-electron chi connectivity index (χ3n) is 18.2. The number of fused-ring (bicyclic) bond motifs is 9. The van der Waals surface area contributed by atoms with Crippen molar-refractivity contribution in [3.63, 3.8) is 0 Å². The summed E-state index contributed by atoms with van der Waals surface area (Å²) in [5.41, 5.74) is 13.4. The predicted molar refractivity (Wildman–Crippen MR) is 436 cm³/mol. The van der Waals surface area contributed by atoms with Gasteiger partial charge in [0.05, 0.1) is 150 Å². The number of hydrogen-bond acceptors (Lipinski definition) is 28. The zero-order valence-corrected chi connectivity index (χ0v) is 68.9. The Morgan fingerprint density at radius 2 is 0.678 bits per heavy atom. The van der Waals surface area contributed by atoms with E-state index in [1.165, 1.54) is 16.7 Å². The first kappa shape index (κ1) is 92.7. The molecule has 0 aliphatic heterocycles. The fraction of sp³-hybridized carbons (Fsp3) is 0.277. The van der Waals surface area contributed by atoms with Gasteiger partial charge in [0.1, 0.15) is 49.3 Å². The Morgan fingerprint density at radius 1 is 0.314 bits per heavy atom. The molecule has 0 bridgehead atoms. The standard InChI is InChI=1S/C15H14O4S.2C12H12O4S.C11H14O4S.C11H12O4S.C11H14O4S.C11H12O4S/c16-20(17,18)10-9-19-15-13-7-3-1-5-11(13)12-6-2-4-8-14(12)15;2*13-17(14,15)8-7-16-12-6-5-10-3-1-2-4-11(10)9-12;2*12-16(13,14)6-5-15-11-7-9-3-1-2-4-10(9)8-11;2*12-16(13,14)8-7-15-11-6-5-9-3-1-2-4-10(9)11/h1-8,15H,9-10H2,(H,16,17,18);2*1-6,9H,7-8H2,(H,13,14,15);1-4,11H,5-8H2,(H,12,13,14);1-4,7H,5-6,8H2,(H,12,13,14);1-4,11H,5-8H2,(H,12,13,14);1-6,11H,7-8H2,(H,12,13,14)/p-7. The van der Waals surface area contributed by atoms with E-state index in [0.29, 0.717) is 23.7 Å².